The molecule has 0 unspecified atom stereocenters. The molecule has 1 N–H and O–H groups in total. The maximum absolute atomic E-state index is 15.1. The summed E-state index contributed by atoms with van der Waals surface area (Å²) in [6.07, 6.45) is 2.17. The third kappa shape index (κ3) is 6.00. The molecule has 1 aliphatic heterocycles. The number of carbonyl (C=O) groups excluding carboxylic acids is 1. The first-order chi connectivity index (χ1) is 24.8. The lowest BCUT2D eigenvalue weighted by atomic mass is 9.89. The van der Waals surface area contributed by atoms with Crippen molar-refractivity contribution in [2.45, 2.75) is 27.3 Å². The molecule has 4 heterocycles. The zero-order valence-corrected chi connectivity index (χ0v) is 29.1. The Morgan fingerprint density at radius 3 is 2.24 bits per heavy atom. The van der Waals surface area contributed by atoms with E-state index in [1.807, 2.05) is 49.4 Å². The summed E-state index contributed by atoms with van der Waals surface area (Å²) >= 11 is 6.24. The second kappa shape index (κ2) is 13.1. The van der Waals surface area contributed by atoms with E-state index in [1.54, 1.807) is 36.4 Å². The van der Waals surface area contributed by atoms with Gasteiger partial charge in [0.15, 0.2) is 5.65 Å². The number of para-hydroxylation sites is 1. The fourth-order valence-electron chi connectivity index (χ4n) is 6.62. The van der Waals surface area contributed by atoms with Gasteiger partial charge in [-0.1, -0.05) is 96.4 Å². The molecule has 3 aromatic heterocycles. The van der Waals surface area contributed by atoms with E-state index in [9.17, 15) is 4.79 Å². The maximum Gasteiger partial charge on any atom is 0.294 e. The fraction of sp³-hybridized carbons (Fsp3) is 0.146. The Bertz CT molecular complexity index is 2540. The van der Waals surface area contributed by atoms with E-state index in [0.717, 1.165) is 45.6 Å². The number of pyridine rings is 1. The molecule has 9 nitrogen and oxygen atoms in total. The highest BCUT2D eigenvalue weighted by Gasteiger charge is 2.30. The molecule has 1 aliphatic rings. The van der Waals surface area contributed by atoms with Crippen molar-refractivity contribution in [1.29, 1.82) is 0 Å². The van der Waals surface area contributed by atoms with Crippen LogP contribution in [0, 0.1) is 13.8 Å². The molecule has 7 aromatic rings. The number of fused-ring (bicyclic) bond motifs is 3. The van der Waals surface area contributed by atoms with Crippen molar-refractivity contribution in [3.63, 3.8) is 0 Å². The first-order valence-electron chi connectivity index (χ1n) is 16.8. The van der Waals surface area contributed by atoms with Gasteiger partial charge in [-0.3, -0.25) is 14.5 Å². The average molecular weight is 692 g/mol. The molecule has 0 aliphatic carbocycles. The minimum absolute atomic E-state index is 0.106. The van der Waals surface area contributed by atoms with Crippen LogP contribution in [0.3, 0.4) is 0 Å². The van der Waals surface area contributed by atoms with Crippen LogP contribution in [0.4, 0.5) is 5.69 Å². The minimum atomic E-state index is -0.551. The van der Waals surface area contributed by atoms with Gasteiger partial charge >= 0.3 is 0 Å². The fourth-order valence-corrected chi connectivity index (χ4v) is 6.75. The van der Waals surface area contributed by atoms with Gasteiger partial charge in [0.2, 0.25) is 11.6 Å². The molecule has 0 saturated heterocycles. The van der Waals surface area contributed by atoms with Crippen molar-refractivity contribution < 1.29 is 4.79 Å². The Balaban J connectivity index is 1.46. The molecule has 4 aromatic carbocycles. The highest BCUT2D eigenvalue weighted by Crippen LogP contribution is 2.38. The smallest absolute Gasteiger partial charge is 0.294 e. The van der Waals surface area contributed by atoms with Gasteiger partial charge in [0.1, 0.15) is 0 Å². The molecular weight excluding hydrogens is 658 g/mol. The summed E-state index contributed by atoms with van der Waals surface area (Å²) in [6.45, 7) is 8.34. The Hall–Kier alpha value is -5.90. The third-order valence-electron chi connectivity index (χ3n) is 9.29. The van der Waals surface area contributed by atoms with Crippen LogP contribution in [0.2, 0.25) is 5.02 Å². The van der Waals surface area contributed by atoms with E-state index in [0.29, 0.717) is 34.9 Å². The number of anilines is 1. The van der Waals surface area contributed by atoms with Crippen LogP contribution >= 0.6 is 11.6 Å². The lowest BCUT2D eigenvalue weighted by Crippen LogP contribution is -2.31. The summed E-state index contributed by atoms with van der Waals surface area (Å²) in [6, 6.07) is 32.6. The summed E-state index contributed by atoms with van der Waals surface area (Å²) in [5, 5.41) is 8.46. The second-order valence-electron chi connectivity index (χ2n) is 12.8. The Labute approximate surface area is 299 Å². The van der Waals surface area contributed by atoms with E-state index in [2.05, 4.69) is 54.4 Å². The number of rotatable bonds is 6. The molecule has 0 radical (unpaired) electrons. The second-order valence-corrected chi connectivity index (χ2v) is 13.3. The van der Waals surface area contributed by atoms with Crippen LogP contribution in [0.15, 0.2) is 108 Å². The van der Waals surface area contributed by atoms with Gasteiger partial charge in [0.25, 0.3) is 11.5 Å². The molecule has 0 spiro atoms. The Kier molecular flexibility index (Phi) is 8.30. The summed E-state index contributed by atoms with van der Waals surface area (Å²) in [4.78, 5) is 41.6. The summed E-state index contributed by atoms with van der Waals surface area (Å²) in [5.41, 5.74) is 8.75. The zero-order valence-electron chi connectivity index (χ0n) is 28.4. The number of hydrogen-bond acceptors (Lipinski definition) is 6. The SMILES string of the molecule is CCN1C/C(=C\c2ccc(C)cc2)c2nc3nc4n(-c5ccc(Cl)cc5)nc(C(=O)Nc5ccccc5)n4c(=O)c3c(-c3ccc(C)cc3)c2C1. The van der Waals surface area contributed by atoms with Gasteiger partial charge in [-0.15, -0.1) is 5.10 Å². The van der Waals surface area contributed by atoms with Crippen LogP contribution in [0.5, 0.6) is 0 Å². The van der Waals surface area contributed by atoms with Gasteiger partial charge in [-0.25, -0.2) is 9.38 Å². The number of nitrogens with one attached hydrogen (secondary N) is 1. The average Bonchev–Trinajstić information content (AvgIpc) is 3.53. The van der Waals surface area contributed by atoms with Crippen LogP contribution in [0.25, 0.3) is 45.3 Å². The third-order valence-corrected chi connectivity index (χ3v) is 9.54. The van der Waals surface area contributed by atoms with E-state index in [-0.39, 0.29) is 17.2 Å². The number of halogens is 1. The number of hydrogen-bond donors (Lipinski definition) is 1. The number of nitrogens with zero attached hydrogens (tertiary/aromatic N) is 6. The normalized spacial score (nSPS) is 13.9. The lowest BCUT2D eigenvalue weighted by Gasteiger charge is -2.31. The Morgan fingerprint density at radius 2 is 1.55 bits per heavy atom. The summed E-state index contributed by atoms with van der Waals surface area (Å²) in [5.74, 6) is -0.498. The van der Waals surface area contributed by atoms with Crippen molar-refractivity contribution in [3.8, 4) is 16.8 Å². The van der Waals surface area contributed by atoms with Crippen LogP contribution < -0.4 is 10.9 Å². The highest BCUT2D eigenvalue weighted by atomic mass is 35.5. The largest absolute Gasteiger partial charge is 0.319 e. The molecule has 1 amide bonds. The van der Waals surface area contributed by atoms with Gasteiger partial charge in [0.05, 0.1) is 16.8 Å². The number of likely N-dealkylation sites (N-methyl/N-ethyl adjacent to an activating group) is 1. The molecule has 10 heteroatoms. The number of aromatic nitrogens is 5. The molecule has 51 heavy (non-hydrogen) atoms. The van der Waals surface area contributed by atoms with Crippen molar-refractivity contribution in [1.82, 2.24) is 29.0 Å². The van der Waals surface area contributed by atoms with Crippen molar-refractivity contribution in [2.24, 2.45) is 0 Å². The molecule has 0 saturated carbocycles. The van der Waals surface area contributed by atoms with Gasteiger partial charge in [0, 0.05) is 34.9 Å². The molecule has 0 fully saturated rings. The number of amides is 1. The monoisotopic (exact) mass is 691 g/mol. The van der Waals surface area contributed by atoms with Crippen molar-refractivity contribution in [2.75, 3.05) is 18.4 Å². The van der Waals surface area contributed by atoms with Crippen molar-refractivity contribution in [3.05, 3.63) is 152 Å². The molecule has 0 bridgehead atoms. The minimum Gasteiger partial charge on any atom is -0.319 e. The van der Waals surface area contributed by atoms with Crippen LogP contribution in [-0.2, 0) is 6.54 Å². The number of aryl methyl sites for hydroxylation is 2. The number of carbonyl (C=O) groups is 1. The Morgan fingerprint density at radius 1 is 0.863 bits per heavy atom. The molecule has 8 rings (SSSR count). The van der Waals surface area contributed by atoms with E-state index < -0.39 is 11.5 Å². The van der Waals surface area contributed by atoms with Gasteiger partial charge in [-0.05, 0) is 79.6 Å². The van der Waals surface area contributed by atoms with E-state index in [1.165, 1.54) is 14.6 Å². The van der Waals surface area contributed by atoms with Crippen molar-refractivity contribution >= 4 is 51.7 Å². The maximum atomic E-state index is 15.1. The highest BCUT2D eigenvalue weighted by molar-refractivity contribution is 6.30. The van der Waals surface area contributed by atoms with Gasteiger partial charge < -0.3 is 5.32 Å². The summed E-state index contributed by atoms with van der Waals surface area (Å²) < 4.78 is 2.79. The summed E-state index contributed by atoms with van der Waals surface area (Å²) in [7, 11) is 0. The predicted octanol–water partition coefficient (Wildman–Crippen LogP) is 7.99. The predicted molar refractivity (Wildman–Crippen MR) is 203 cm³/mol. The van der Waals surface area contributed by atoms with E-state index >= 15 is 4.79 Å². The topological polar surface area (TPSA) is 97.4 Å². The van der Waals surface area contributed by atoms with Crippen LogP contribution in [-0.4, -0.2) is 48.0 Å². The quantitative estimate of drug-likeness (QED) is 0.190. The number of benzene rings is 4. The molecular formula is C41H34ClN7O2. The molecule has 0 atom stereocenters. The lowest BCUT2D eigenvalue weighted by molar-refractivity contribution is 0.101. The zero-order chi connectivity index (χ0) is 35.2. The first-order valence-corrected chi connectivity index (χ1v) is 17.2. The first kappa shape index (κ1) is 32.3. The van der Waals surface area contributed by atoms with E-state index in [4.69, 9.17) is 26.7 Å². The standard InChI is InChI=1S/C41H34ClN7O2/c1-4-47-23-29(22-27-14-10-25(2)11-15-27)36-33(24-47)34(28-16-12-26(3)13-17-28)35-37(44-36)45-41-48(40(35)51)38(39(50)43-31-8-6-5-7-9-31)46-49(41)32-20-18-30(42)19-21-32/h5-22H,4,23-24H2,1-3H3,(H,43,50)/b29-22+. The molecule has 252 valence electrons. The van der Waals surface area contributed by atoms with Crippen LogP contribution in [0.1, 0.15) is 45.5 Å². The van der Waals surface area contributed by atoms with Gasteiger partial charge in [-0.2, -0.15) is 9.67 Å².